The number of isothiocyanates is 2. The molecule has 3 rings (SSSR count). The van der Waals surface area contributed by atoms with E-state index in [-0.39, 0.29) is 27.7 Å². The Bertz CT molecular complexity index is 824. The third-order valence-corrected chi connectivity index (χ3v) is 2.66. The van der Waals surface area contributed by atoms with Crippen molar-refractivity contribution in [3.05, 3.63) is 82.2 Å². The number of hydrogen-bond acceptors (Lipinski definition) is 8. The molecule has 1 radical (unpaired) electrons. The number of hydrogen-bond donors (Lipinski definition) is 0. The van der Waals surface area contributed by atoms with Crippen molar-refractivity contribution in [3.63, 3.8) is 0 Å². The molecule has 181 valence electrons. The van der Waals surface area contributed by atoms with Crippen molar-refractivity contribution >= 4 is 34.8 Å². The predicted molar refractivity (Wildman–Crippen MR) is 136 cm³/mol. The molecular weight excluding hydrogens is 507 g/mol. The zero-order chi connectivity index (χ0) is 23.4. The Hall–Kier alpha value is -2.73. The van der Waals surface area contributed by atoms with Gasteiger partial charge < -0.3 is 21.8 Å². The zero-order valence-electron chi connectivity index (χ0n) is 19.3. The van der Waals surface area contributed by atoms with Gasteiger partial charge in [-0.1, -0.05) is 24.4 Å². The summed E-state index contributed by atoms with van der Waals surface area (Å²) < 4.78 is 0. The van der Waals surface area contributed by atoms with Crippen LogP contribution in [0.25, 0.3) is 10.8 Å². The molecule has 0 spiro atoms. The van der Waals surface area contributed by atoms with Gasteiger partial charge in [0.15, 0.2) is 0 Å². The van der Waals surface area contributed by atoms with E-state index < -0.39 is 0 Å². The second-order valence-corrected chi connectivity index (χ2v) is 5.95. The van der Waals surface area contributed by atoms with Crippen LogP contribution in [0.15, 0.2) is 37.2 Å². The van der Waals surface area contributed by atoms with Crippen molar-refractivity contribution in [2.45, 2.75) is 41.5 Å². The minimum atomic E-state index is 0. The van der Waals surface area contributed by atoms with Crippen LogP contribution in [0.2, 0.25) is 0 Å². The van der Waals surface area contributed by atoms with E-state index in [0.717, 1.165) is 34.2 Å². The molecule has 6 N–H and O–H groups in total. The first-order valence-electron chi connectivity index (χ1n) is 8.48. The van der Waals surface area contributed by atoms with Crippen molar-refractivity contribution in [1.29, 1.82) is 0 Å². The average molecular weight is 538 g/mol. The molecule has 0 amide bonds. The van der Waals surface area contributed by atoms with Crippen LogP contribution in [0.4, 0.5) is 0 Å². The number of thiocarbonyl (C=S) groups is 2. The average Bonchev–Trinajstić information content (AvgIpc) is 2.66. The van der Waals surface area contributed by atoms with Crippen LogP contribution in [-0.2, 0) is 27.7 Å². The third kappa shape index (κ3) is 29.3. The molecule has 13 heteroatoms. The molecule has 3 heterocycles. The van der Waals surface area contributed by atoms with Crippen LogP contribution in [0.3, 0.4) is 0 Å². The van der Waals surface area contributed by atoms with Crippen molar-refractivity contribution in [2.75, 3.05) is 0 Å². The van der Waals surface area contributed by atoms with Crippen molar-refractivity contribution in [1.82, 2.24) is 29.9 Å². The molecule has 33 heavy (non-hydrogen) atoms. The summed E-state index contributed by atoms with van der Waals surface area (Å²) in [5.41, 5.74) is 5.84. The van der Waals surface area contributed by atoms with Gasteiger partial charge in [-0.25, -0.2) is 0 Å². The van der Waals surface area contributed by atoms with E-state index in [0.29, 0.717) is 0 Å². The molecule has 0 saturated heterocycles. The number of nitrogens with zero attached hydrogens (tertiary/aromatic N) is 8. The Labute approximate surface area is 215 Å². The van der Waals surface area contributed by atoms with Crippen LogP contribution in [0.1, 0.15) is 34.2 Å². The SMILES string of the molecule is Cc1cnc(C)cn1.Cc1cncc(C)n1.Cc1cncc(C)n1.[Co+2].[N-]=C=S.[N-]=C=S.[OH3+].[OH3+]. The molecule has 10 nitrogen and oxygen atoms in total. The monoisotopic (exact) mass is 537 g/mol. The minimum Gasteiger partial charge on any atom is -0.753 e. The normalized spacial score (nSPS) is 7.21. The van der Waals surface area contributed by atoms with Gasteiger partial charge in [-0.05, 0) is 41.5 Å². The maximum Gasteiger partial charge on any atom is 2.00 e. The molecule has 0 fully saturated rings. The van der Waals surface area contributed by atoms with Gasteiger partial charge in [-0.15, -0.1) is 0 Å². The molecule has 0 aromatic carbocycles. The fourth-order valence-electron chi connectivity index (χ4n) is 1.63. The van der Waals surface area contributed by atoms with Crippen molar-refractivity contribution in [2.24, 2.45) is 0 Å². The number of aryl methyl sites for hydroxylation is 6. The molecular formula is C20H30CoN8O2S2+2. The van der Waals surface area contributed by atoms with E-state index in [9.17, 15) is 0 Å². The Balaban J connectivity index is -0.000000102. The zero-order valence-corrected chi connectivity index (χ0v) is 22.0. The summed E-state index contributed by atoms with van der Waals surface area (Å²) in [6.07, 6.45) is 10.5. The Kier molecular flexibility index (Phi) is 33.6. The summed E-state index contributed by atoms with van der Waals surface area (Å²) in [5.74, 6) is 0. The summed E-state index contributed by atoms with van der Waals surface area (Å²) in [6.45, 7) is 11.6. The van der Waals surface area contributed by atoms with Crippen LogP contribution in [0, 0.1) is 41.5 Å². The van der Waals surface area contributed by atoms with Crippen molar-refractivity contribution < 1.29 is 27.7 Å². The number of aromatic nitrogens is 6. The largest absolute Gasteiger partial charge is 2.00 e. The molecule has 3 aromatic heterocycles. The predicted octanol–water partition coefficient (Wildman–Crippen LogP) is 2.75. The summed E-state index contributed by atoms with van der Waals surface area (Å²) in [6, 6.07) is 0. The van der Waals surface area contributed by atoms with E-state index >= 15 is 0 Å². The topological polar surface area (TPSA) is 188 Å². The molecule has 3 aromatic rings. The molecule has 0 aliphatic heterocycles. The van der Waals surface area contributed by atoms with Gasteiger partial charge in [-0.3, -0.25) is 29.9 Å². The van der Waals surface area contributed by atoms with Gasteiger partial charge >= 0.3 is 16.8 Å². The second kappa shape index (κ2) is 27.3. The first kappa shape index (κ1) is 40.6. The van der Waals surface area contributed by atoms with Gasteiger partial charge in [0.25, 0.3) is 0 Å². The van der Waals surface area contributed by atoms with Crippen LogP contribution >= 0.6 is 24.4 Å². The molecule has 0 saturated carbocycles. The van der Waals surface area contributed by atoms with E-state index in [2.05, 4.69) is 54.3 Å². The molecule has 0 bridgehead atoms. The minimum absolute atomic E-state index is 0. The molecule has 0 atom stereocenters. The summed E-state index contributed by atoms with van der Waals surface area (Å²) in [4.78, 5) is 24.1. The standard InChI is InChI=1S/3C6H8N2.2CNS.Co.2H2O/c1-5-3-8-6(2)4-7-5;2*1-5-3-7-4-6(2)8-5;2*2-1-3;;;/h3*3-4H,1-2H3;;;;2*1H2/q;;;2*-1;+2;;/p+2. The molecule has 0 aliphatic rings. The number of rotatable bonds is 0. The van der Waals surface area contributed by atoms with E-state index in [1.165, 1.54) is 10.3 Å². The maximum absolute atomic E-state index is 7.13. The molecule has 0 aliphatic carbocycles. The van der Waals surface area contributed by atoms with Gasteiger partial charge in [0.2, 0.25) is 0 Å². The first-order valence-corrected chi connectivity index (χ1v) is 9.29. The fraction of sp³-hybridized carbons (Fsp3) is 0.300. The van der Waals surface area contributed by atoms with E-state index in [4.69, 9.17) is 10.8 Å². The first-order chi connectivity index (χ1) is 14.2. The van der Waals surface area contributed by atoms with Gasteiger partial charge in [0.05, 0.1) is 34.2 Å². The quantitative estimate of drug-likeness (QED) is 0.238. The van der Waals surface area contributed by atoms with Gasteiger partial charge in [0.1, 0.15) is 0 Å². The summed E-state index contributed by atoms with van der Waals surface area (Å²) >= 11 is 7.40. The summed E-state index contributed by atoms with van der Waals surface area (Å²) in [5, 5.41) is 16.9. The van der Waals surface area contributed by atoms with Crippen LogP contribution in [-0.4, -0.2) is 40.2 Å². The van der Waals surface area contributed by atoms with Gasteiger partial charge in [0, 0.05) is 37.2 Å². The Morgan fingerprint density at radius 3 is 0.879 bits per heavy atom. The second-order valence-electron chi connectivity index (χ2n) is 5.59. The van der Waals surface area contributed by atoms with Gasteiger partial charge in [-0.2, -0.15) is 10.3 Å². The fourth-order valence-corrected chi connectivity index (χ4v) is 1.63. The van der Waals surface area contributed by atoms with Crippen molar-refractivity contribution in [3.8, 4) is 0 Å². The molecule has 0 unspecified atom stereocenters. The van der Waals surface area contributed by atoms with E-state index in [1.807, 2.05) is 41.5 Å². The maximum atomic E-state index is 7.13. The Morgan fingerprint density at radius 2 is 0.758 bits per heavy atom. The Morgan fingerprint density at radius 1 is 0.545 bits per heavy atom. The third-order valence-electron chi connectivity index (χ3n) is 2.66. The van der Waals surface area contributed by atoms with E-state index in [1.54, 1.807) is 37.2 Å². The van der Waals surface area contributed by atoms with Crippen LogP contribution in [0.5, 0.6) is 0 Å². The van der Waals surface area contributed by atoms with Crippen LogP contribution < -0.4 is 0 Å². The summed E-state index contributed by atoms with van der Waals surface area (Å²) in [7, 11) is 0. The smallest absolute Gasteiger partial charge is 0.753 e.